The van der Waals surface area contributed by atoms with Crippen LogP contribution >= 0.6 is 0 Å². The van der Waals surface area contributed by atoms with Gasteiger partial charge >= 0.3 is 12.2 Å². The van der Waals surface area contributed by atoms with Crippen molar-refractivity contribution in [3.8, 4) is 11.5 Å². The maximum atomic E-state index is 12.8. The number of oxazole rings is 1. The fraction of sp³-hybridized carbons (Fsp3) is 0.0476. The quantitative estimate of drug-likeness (QED) is 0.435. The van der Waals surface area contributed by atoms with E-state index in [2.05, 4.69) is 15.6 Å². The zero-order valence-electron chi connectivity index (χ0n) is 14.8. The summed E-state index contributed by atoms with van der Waals surface area (Å²) in [5.74, 6) is 0.450. The molecule has 4 aromatic rings. The molecule has 0 aliphatic carbocycles. The number of carbonyl (C=O) groups is 1. The molecule has 5 nitrogen and oxygen atoms in total. The fourth-order valence-corrected chi connectivity index (χ4v) is 2.77. The monoisotopic (exact) mass is 397 g/mol. The molecule has 0 fully saturated rings. The van der Waals surface area contributed by atoms with Gasteiger partial charge in [-0.1, -0.05) is 24.3 Å². The van der Waals surface area contributed by atoms with Gasteiger partial charge in [0.25, 0.3) is 0 Å². The Morgan fingerprint density at radius 2 is 1.59 bits per heavy atom. The highest BCUT2D eigenvalue weighted by molar-refractivity contribution is 6.00. The highest BCUT2D eigenvalue weighted by Crippen LogP contribution is 2.31. The molecule has 0 saturated heterocycles. The summed E-state index contributed by atoms with van der Waals surface area (Å²) in [5, 5.41) is 4.96. The van der Waals surface area contributed by atoms with Crippen molar-refractivity contribution in [3.05, 3.63) is 78.4 Å². The van der Waals surface area contributed by atoms with Crippen molar-refractivity contribution in [1.29, 1.82) is 0 Å². The first-order valence-electron chi connectivity index (χ1n) is 8.60. The van der Waals surface area contributed by atoms with Crippen molar-refractivity contribution in [1.82, 2.24) is 4.98 Å². The van der Waals surface area contributed by atoms with Crippen molar-refractivity contribution in [2.75, 3.05) is 10.6 Å². The standard InChI is InChI=1S/C21H14F3N3O2/c22-21(23,24)14-7-4-8-15(11-14)25-20(28)26-16-9-10-17-18(12-16)29-19(27-17)13-5-2-1-3-6-13/h1-12H,(H2,25,26,28). The molecule has 0 radical (unpaired) electrons. The maximum absolute atomic E-state index is 12.8. The summed E-state index contributed by atoms with van der Waals surface area (Å²) in [7, 11) is 0. The van der Waals surface area contributed by atoms with Gasteiger partial charge in [0, 0.05) is 23.0 Å². The lowest BCUT2D eigenvalue weighted by atomic mass is 10.2. The number of rotatable bonds is 3. The van der Waals surface area contributed by atoms with E-state index >= 15 is 0 Å². The summed E-state index contributed by atoms with van der Waals surface area (Å²) >= 11 is 0. The van der Waals surface area contributed by atoms with E-state index < -0.39 is 17.8 Å². The Kier molecular flexibility index (Phi) is 4.67. The molecule has 2 amide bonds. The van der Waals surface area contributed by atoms with E-state index in [0.29, 0.717) is 22.7 Å². The predicted molar refractivity (Wildman–Crippen MR) is 104 cm³/mol. The van der Waals surface area contributed by atoms with Crippen LogP contribution in [0.3, 0.4) is 0 Å². The molecule has 0 spiro atoms. The first-order valence-corrected chi connectivity index (χ1v) is 8.60. The number of hydrogen-bond acceptors (Lipinski definition) is 3. The highest BCUT2D eigenvalue weighted by Gasteiger charge is 2.30. The molecule has 0 atom stereocenters. The Labute approximate surface area is 163 Å². The Morgan fingerprint density at radius 1 is 0.862 bits per heavy atom. The summed E-state index contributed by atoms with van der Waals surface area (Å²) in [5.41, 5.74) is 1.52. The minimum atomic E-state index is -4.48. The van der Waals surface area contributed by atoms with E-state index in [0.717, 1.165) is 17.7 Å². The van der Waals surface area contributed by atoms with Crippen LogP contribution in [0, 0.1) is 0 Å². The van der Waals surface area contributed by atoms with Crippen LogP contribution in [0.1, 0.15) is 5.56 Å². The molecule has 8 heteroatoms. The van der Waals surface area contributed by atoms with Gasteiger partial charge in [0.1, 0.15) is 5.52 Å². The van der Waals surface area contributed by atoms with Gasteiger partial charge in [-0.25, -0.2) is 9.78 Å². The molecule has 0 saturated carbocycles. The maximum Gasteiger partial charge on any atom is 0.416 e. The SMILES string of the molecule is O=C(Nc1cccc(C(F)(F)F)c1)Nc1ccc2nc(-c3ccccc3)oc2c1. The van der Waals surface area contributed by atoms with Gasteiger partial charge in [-0.2, -0.15) is 13.2 Å². The number of carbonyl (C=O) groups excluding carboxylic acids is 1. The molecule has 29 heavy (non-hydrogen) atoms. The van der Waals surface area contributed by atoms with Crippen LogP contribution in [0.15, 0.2) is 77.2 Å². The lowest BCUT2D eigenvalue weighted by Gasteiger charge is -2.10. The van der Waals surface area contributed by atoms with Gasteiger partial charge in [0.2, 0.25) is 5.89 Å². The van der Waals surface area contributed by atoms with E-state index in [1.54, 1.807) is 18.2 Å². The fourth-order valence-electron chi connectivity index (χ4n) is 2.77. The summed E-state index contributed by atoms with van der Waals surface area (Å²) < 4.78 is 44.1. The minimum Gasteiger partial charge on any atom is -0.436 e. The van der Waals surface area contributed by atoms with Crippen LogP contribution in [-0.2, 0) is 6.18 Å². The second-order valence-corrected chi connectivity index (χ2v) is 6.23. The van der Waals surface area contributed by atoms with Crippen LogP contribution in [-0.4, -0.2) is 11.0 Å². The van der Waals surface area contributed by atoms with Gasteiger partial charge in [0.15, 0.2) is 5.58 Å². The third-order valence-corrected chi connectivity index (χ3v) is 4.11. The molecule has 2 N–H and O–H groups in total. The summed E-state index contributed by atoms with van der Waals surface area (Å²) in [4.78, 5) is 16.6. The number of nitrogens with one attached hydrogen (secondary N) is 2. The Bertz CT molecular complexity index is 1170. The third-order valence-electron chi connectivity index (χ3n) is 4.11. The second-order valence-electron chi connectivity index (χ2n) is 6.23. The number of amides is 2. The van der Waals surface area contributed by atoms with Crippen molar-refractivity contribution >= 4 is 28.5 Å². The van der Waals surface area contributed by atoms with Gasteiger partial charge in [-0.05, 0) is 42.5 Å². The van der Waals surface area contributed by atoms with Crippen LogP contribution in [0.2, 0.25) is 0 Å². The van der Waals surface area contributed by atoms with E-state index in [-0.39, 0.29) is 5.69 Å². The van der Waals surface area contributed by atoms with Crippen molar-refractivity contribution in [3.63, 3.8) is 0 Å². The predicted octanol–water partition coefficient (Wildman–Crippen LogP) is 6.16. The summed E-state index contributed by atoms with van der Waals surface area (Å²) in [6, 6.07) is 18.0. The molecule has 0 bridgehead atoms. The second kappa shape index (κ2) is 7.31. The first kappa shape index (κ1) is 18.5. The summed E-state index contributed by atoms with van der Waals surface area (Å²) in [6.07, 6.45) is -4.48. The number of nitrogens with zero attached hydrogens (tertiary/aromatic N) is 1. The number of alkyl halides is 3. The Balaban J connectivity index is 1.50. The van der Waals surface area contributed by atoms with E-state index in [1.165, 1.54) is 12.1 Å². The molecular formula is C21H14F3N3O2. The Morgan fingerprint density at radius 3 is 2.31 bits per heavy atom. The van der Waals surface area contributed by atoms with Gasteiger partial charge in [-0.15, -0.1) is 0 Å². The molecule has 0 aliphatic rings. The zero-order chi connectivity index (χ0) is 20.4. The third kappa shape index (κ3) is 4.21. The first-order chi connectivity index (χ1) is 13.9. The molecule has 4 rings (SSSR count). The Hall–Kier alpha value is -3.81. The average Bonchev–Trinajstić information content (AvgIpc) is 3.11. The van der Waals surface area contributed by atoms with Gasteiger partial charge in [0.05, 0.1) is 5.56 Å². The van der Waals surface area contributed by atoms with Crippen molar-refractivity contribution in [2.24, 2.45) is 0 Å². The molecular weight excluding hydrogens is 383 g/mol. The number of aromatic nitrogens is 1. The van der Waals surface area contributed by atoms with Crippen LogP contribution in [0.4, 0.5) is 29.3 Å². The molecule has 1 aromatic heterocycles. The summed E-state index contributed by atoms with van der Waals surface area (Å²) in [6.45, 7) is 0. The lowest BCUT2D eigenvalue weighted by molar-refractivity contribution is -0.137. The van der Waals surface area contributed by atoms with Crippen molar-refractivity contribution in [2.45, 2.75) is 6.18 Å². The normalized spacial score (nSPS) is 11.4. The van der Waals surface area contributed by atoms with Gasteiger partial charge < -0.3 is 15.1 Å². The lowest BCUT2D eigenvalue weighted by Crippen LogP contribution is -2.19. The zero-order valence-corrected chi connectivity index (χ0v) is 14.8. The molecule has 0 unspecified atom stereocenters. The van der Waals surface area contributed by atoms with Crippen molar-refractivity contribution < 1.29 is 22.4 Å². The van der Waals surface area contributed by atoms with E-state index in [9.17, 15) is 18.0 Å². The number of anilines is 2. The number of hydrogen-bond donors (Lipinski definition) is 2. The average molecular weight is 397 g/mol. The molecule has 0 aliphatic heterocycles. The molecule has 3 aromatic carbocycles. The number of benzene rings is 3. The van der Waals surface area contributed by atoms with Crippen LogP contribution in [0.5, 0.6) is 0 Å². The topological polar surface area (TPSA) is 67.2 Å². The largest absolute Gasteiger partial charge is 0.436 e. The van der Waals surface area contributed by atoms with Gasteiger partial charge in [-0.3, -0.25) is 0 Å². The molecule has 146 valence electrons. The van der Waals surface area contributed by atoms with E-state index in [4.69, 9.17) is 4.42 Å². The minimum absolute atomic E-state index is 0.0319. The number of halogens is 3. The van der Waals surface area contributed by atoms with Crippen LogP contribution < -0.4 is 10.6 Å². The van der Waals surface area contributed by atoms with E-state index in [1.807, 2.05) is 30.3 Å². The highest BCUT2D eigenvalue weighted by atomic mass is 19.4. The van der Waals surface area contributed by atoms with Crippen LogP contribution in [0.25, 0.3) is 22.6 Å². The number of urea groups is 1. The molecule has 1 heterocycles. The smallest absolute Gasteiger partial charge is 0.416 e. The number of fused-ring (bicyclic) bond motifs is 1.